The molecule has 0 aromatic rings. The SMILES string of the molecule is CCCCC(CCCC)(CCCC)[Si](C)(CCCC)OS(=O)(=O)C(F)(F)F. The molecule has 0 spiro atoms. The summed E-state index contributed by atoms with van der Waals surface area (Å²) in [5, 5.41) is -0.428. The van der Waals surface area contributed by atoms with Crippen LogP contribution in [-0.4, -0.2) is 22.2 Å². The third-order valence-electron chi connectivity index (χ3n) is 5.73. The maximum Gasteiger partial charge on any atom is 0.522 e. The number of halogens is 3. The zero-order valence-corrected chi connectivity index (χ0v) is 19.6. The smallest absolute Gasteiger partial charge is 0.308 e. The Balaban J connectivity index is 6.20. The molecule has 27 heavy (non-hydrogen) atoms. The Morgan fingerprint density at radius 2 is 1.15 bits per heavy atom. The molecule has 0 fully saturated rings. The summed E-state index contributed by atoms with van der Waals surface area (Å²) in [5.74, 6) is 0. The Morgan fingerprint density at radius 1 is 0.778 bits per heavy atom. The molecule has 0 aliphatic carbocycles. The molecular formula is C19H39F3O3SSi. The average Bonchev–Trinajstić information content (AvgIpc) is 2.58. The van der Waals surface area contributed by atoms with Gasteiger partial charge in [-0.2, -0.15) is 21.6 Å². The van der Waals surface area contributed by atoms with E-state index in [1.54, 1.807) is 6.55 Å². The van der Waals surface area contributed by atoms with E-state index in [2.05, 4.69) is 20.8 Å². The summed E-state index contributed by atoms with van der Waals surface area (Å²) in [6.45, 7) is 9.89. The molecule has 0 radical (unpaired) electrons. The summed E-state index contributed by atoms with van der Waals surface area (Å²) in [7, 11) is -8.80. The molecule has 0 aliphatic rings. The van der Waals surface area contributed by atoms with Crippen molar-refractivity contribution in [1.82, 2.24) is 0 Å². The second-order valence-corrected chi connectivity index (χ2v) is 14.0. The maximum atomic E-state index is 13.1. The van der Waals surface area contributed by atoms with Crippen molar-refractivity contribution in [3.63, 3.8) is 0 Å². The van der Waals surface area contributed by atoms with Gasteiger partial charge in [0.1, 0.15) is 0 Å². The molecule has 0 heterocycles. The van der Waals surface area contributed by atoms with Crippen LogP contribution in [0.3, 0.4) is 0 Å². The molecule has 0 bridgehead atoms. The van der Waals surface area contributed by atoms with Crippen molar-refractivity contribution < 1.29 is 25.5 Å². The molecule has 0 saturated heterocycles. The van der Waals surface area contributed by atoms with E-state index in [4.69, 9.17) is 3.87 Å². The van der Waals surface area contributed by atoms with Crippen LogP contribution in [0.1, 0.15) is 98.3 Å². The fourth-order valence-electron chi connectivity index (χ4n) is 3.91. The molecule has 3 nitrogen and oxygen atoms in total. The zero-order valence-electron chi connectivity index (χ0n) is 17.8. The van der Waals surface area contributed by atoms with Gasteiger partial charge in [-0.1, -0.05) is 79.1 Å². The summed E-state index contributed by atoms with van der Waals surface area (Å²) >= 11 is 0. The van der Waals surface area contributed by atoms with E-state index >= 15 is 0 Å². The van der Waals surface area contributed by atoms with Crippen LogP contribution in [0.15, 0.2) is 0 Å². The van der Waals surface area contributed by atoms with Crippen molar-refractivity contribution in [2.24, 2.45) is 0 Å². The maximum absolute atomic E-state index is 13.1. The molecule has 0 aromatic carbocycles. The van der Waals surface area contributed by atoms with Gasteiger partial charge in [0, 0.05) is 0 Å². The Morgan fingerprint density at radius 3 is 1.44 bits per heavy atom. The first-order valence-electron chi connectivity index (χ1n) is 10.5. The summed E-state index contributed by atoms with van der Waals surface area (Å²) < 4.78 is 68.6. The second kappa shape index (κ2) is 11.8. The summed E-state index contributed by atoms with van der Waals surface area (Å²) in [6, 6.07) is 0.454. The van der Waals surface area contributed by atoms with Gasteiger partial charge in [-0.05, 0) is 36.9 Å². The predicted molar refractivity (Wildman–Crippen MR) is 109 cm³/mol. The van der Waals surface area contributed by atoms with Gasteiger partial charge in [-0.15, -0.1) is 0 Å². The van der Waals surface area contributed by atoms with Crippen LogP contribution in [0.4, 0.5) is 13.2 Å². The highest BCUT2D eigenvalue weighted by atomic mass is 32.2. The topological polar surface area (TPSA) is 43.4 Å². The van der Waals surface area contributed by atoms with Gasteiger partial charge < -0.3 is 3.87 Å². The standard InChI is InChI=1S/C19H39F3O3SSi/c1-6-10-14-18(15-11-7-2,16-12-8-3)27(5,17-13-9-4)25-26(23,24)19(20,21)22/h6-17H2,1-5H3. The molecule has 0 aromatic heterocycles. The second-order valence-electron chi connectivity index (χ2n) is 7.91. The molecule has 0 N–H and O–H groups in total. The van der Waals surface area contributed by atoms with E-state index < -0.39 is 29.0 Å². The van der Waals surface area contributed by atoms with Crippen molar-refractivity contribution in [2.45, 2.75) is 121 Å². The first-order valence-corrected chi connectivity index (χ1v) is 14.5. The van der Waals surface area contributed by atoms with Gasteiger partial charge in [0.25, 0.3) is 0 Å². The lowest BCUT2D eigenvalue weighted by Gasteiger charge is -2.47. The molecule has 8 heteroatoms. The zero-order chi connectivity index (χ0) is 21.2. The van der Waals surface area contributed by atoms with Gasteiger partial charge in [0.05, 0.1) is 0 Å². The molecule has 0 aliphatic heterocycles. The minimum absolute atomic E-state index is 0.428. The third-order valence-corrected chi connectivity index (χ3v) is 13.0. The Hall–Kier alpha value is -0.0831. The lowest BCUT2D eigenvalue weighted by atomic mass is 9.89. The number of rotatable bonds is 15. The molecule has 1 unspecified atom stereocenters. The Labute approximate surface area is 165 Å². The lowest BCUT2D eigenvalue weighted by molar-refractivity contribution is -0.0506. The van der Waals surface area contributed by atoms with E-state index in [1.807, 2.05) is 6.92 Å². The average molecular weight is 433 g/mol. The molecule has 0 rings (SSSR count). The van der Waals surface area contributed by atoms with E-state index in [9.17, 15) is 21.6 Å². The Bertz CT molecular complexity index is 487. The molecule has 0 saturated carbocycles. The van der Waals surface area contributed by atoms with Crippen molar-refractivity contribution in [3.05, 3.63) is 0 Å². The highest BCUT2D eigenvalue weighted by Gasteiger charge is 2.57. The van der Waals surface area contributed by atoms with E-state index in [1.165, 1.54) is 0 Å². The van der Waals surface area contributed by atoms with Gasteiger partial charge in [0.15, 0.2) is 0 Å². The van der Waals surface area contributed by atoms with E-state index in [0.717, 1.165) is 64.2 Å². The van der Waals surface area contributed by atoms with Crippen LogP contribution < -0.4 is 0 Å². The molecule has 1 atom stereocenters. The van der Waals surface area contributed by atoms with Crippen molar-refractivity contribution in [1.29, 1.82) is 0 Å². The highest BCUT2D eigenvalue weighted by Crippen LogP contribution is 2.55. The largest absolute Gasteiger partial charge is 0.522 e. The van der Waals surface area contributed by atoms with Crippen LogP contribution in [0.2, 0.25) is 17.6 Å². The van der Waals surface area contributed by atoms with Crippen LogP contribution in [0, 0.1) is 0 Å². The number of hydrogen-bond donors (Lipinski definition) is 0. The van der Waals surface area contributed by atoms with Gasteiger partial charge >= 0.3 is 15.6 Å². The first kappa shape index (κ1) is 26.9. The fourth-order valence-corrected chi connectivity index (χ4v) is 10.9. The predicted octanol–water partition coefficient (Wildman–Crippen LogP) is 7.54. The van der Waals surface area contributed by atoms with Crippen LogP contribution >= 0.6 is 0 Å². The number of hydrogen-bond acceptors (Lipinski definition) is 3. The minimum Gasteiger partial charge on any atom is -0.308 e. The normalized spacial score (nSPS) is 15.7. The fraction of sp³-hybridized carbons (Fsp3) is 1.00. The quantitative estimate of drug-likeness (QED) is 0.198. The van der Waals surface area contributed by atoms with E-state index in [0.29, 0.717) is 12.5 Å². The number of alkyl halides is 3. The van der Waals surface area contributed by atoms with Crippen molar-refractivity contribution in [2.75, 3.05) is 0 Å². The van der Waals surface area contributed by atoms with Gasteiger partial charge in [0.2, 0.25) is 8.32 Å². The summed E-state index contributed by atoms with van der Waals surface area (Å²) in [5.41, 5.74) is -5.36. The van der Waals surface area contributed by atoms with Crippen LogP contribution in [-0.2, 0) is 14.0 Å². The lowest BCUT2D eigenvalue weighted by Crippen LogP contribution is -2.51. The minimum atomic E-state index is -5.58. The van der Waals surface area contributed by atoms with Gasteiger partial charge in [-0.3, -0.25) is 0 Å². The van der Waals surface area contributed by atoms with Crippen LogP contribution in [0.5, 0.6) is 0 Å². The van der Waals surface area contributed by atoms with E-state index in [-0.39, 0.29) is 0 Å². The summed E-state index contributed by atoms with van der Waals surface area (Å²) in [4.78, 5) is 0. The molecular weight excluding hydrogens is 393 g/mol. The summed E-state index contributed by atoms with van der Waals surface area (Å²) in [6.07, 6.45) is 9.23. The number of unbranched alkanes of at least 4 members (excludes halogenated alkanes) is 4. The third kappa shape index (κ3) is 7.69. The van der Waals surface area contributed by atoms with Gasteiger partial charge in [-0.25, -0.2) is 0 Å². The first-order chi connectivity index (χ1) is 12.4. The van der Waals surface area contributed by atoms with Crippen molar-refractivity contribution in [3.8, 4) is 0 Å². The highest BCUT2D eigenvalue weighted by molar-refractivity contribution is 7.88. The Kier molecular flexibility index (Phi) is 11.8. The molecule has 0 amide bonds. The molecule has 164 valence electrons. The van der Waals surface area contributed by atoms with Crippen LogP contribution in [0.25, 0.3) is 0 Å². The van der Waals surface area contributed by atoms with Crippen molar-refractivity contribution >= 4 is 18.4 Å². The monoisotopic (exact) mass is 432 g/mol.